The second-order valence-corrected chi connectivity index (χ2v) is 7.84. The smallest absolute Gasteiger partial charge is 1.00 e. The number of hydrogen-bond acceptors (Lipinski definition) is 0. The molecule has 1 aromatic heterocycles. The summed E-state index contributed by atoms with van der Waals surface area (Å²) in [5.74, 6) is 2.41. The summed E-state index contributed by atoms with van der Waals surface area (Å²) < 4.78 is 3.52. The Morgan fingerprint density at radius 1 is 1.19 bits per heavy atom. The van der Waals surface area contributed by atoms with Crippen LogP contribution in [-0.4, -0.2) is 0 Å². The van der Waals surface area contributed by atoms with E-state index < -0.39 is 0 Å². The van der Waals surface area contributed by atoms with E-state index in [9.17, 15) is 0 Å². The molecule has 86 valence electrons. The van der Waals surface area contributed by atoms with Crippen LogP contribution in [0.4, 0.5) is 0 Å². The van der Waals surface area contributed by atoms with E-state index >= 15 is 0 Å². The molecule has 0 nitrogen and oxygen atoms in total. The molecule has 0 N–H and O–H groups in total. The summed E-state index contributed by atoms with van der Waals surface area (Å²) in [6.45, 7) is 6.80. The molecule has 0 radical (unpaired) electrons. The van der Waals surface area contributed by atoms with Crippen molar-refractivity contribution in [1.82, 2.24) is 0 Å². The number of rotatable bonds is 2. The van der Waals surface area contributed by atoms with E-state index in [1.807, 2.05) is 0 Å². The Hall–Kier alpha value is 0.554. The number of allylic oxidation sites excluding steroid dienone is 4. The molecule has 1 heterocycles. The minimum Gasteiger partial charge on any atom is -1.00 e. The third-order valence-electron chi connectivity index (χ3n) is 2.84. The summed E-state index contributed by atoms with van der Waals surface area (Å²) in [5.41, 5.74) is 4.65. The molecule has 2 rings (SSSR count). The van der Waals surface area contributed by atoms with Gasteiger partial charge < -0.3 is 24.8 Å². The third kappa shape index (κ3) is 3.52. The van der Waals surface area contributed by atoms with Gasteiger partial charge in [0, 0.05) is 0 Å². The van der Waals surface area contributed by atoms with Gasteiger partial charge in [0.25, 0.3) is 0 Å². The van der Waals surface area contributed by atoms with Crippen LogP contribution in [0, 0.1) is 13.8 Å². The normalized spacial score (nSPS) is 13.7. The maximum absolute atomic E-state index is 2.41. The molecule has 1 aliphatic carbocycles. The molecule has 0 fully saturated rings. The van der Waals surface area contributed by atoms with Crippen LogP contribution >= 0.6 is 8.19 Å². The van der Waals surface area contributed by atoms with E-state index in [1.165, 1.54) is 12.0 Å². The first-order chi connectivity index (χ1) is 6.68. The summed E-state index contributed by atoms with van der Waals surface area (Å²) in [7, 11) is 0.988. The van der Waals surface area contributed by atoms with E-state index in [2.05, 4.69) is 38.7 Å². The van der Waals surface area contributed by atoms with Crippen molar-refractivity contribution in [1.29, 1.82) is 0 Å². The molecule has 1 unspecified atom stereocenters. The Bertz CT molecular complexity index is 419. The van der Waals surface area contributed by atoms with Gasteiger partial charge in [-0.15, -0.1) is 0 Å². The average Bonchev–Trinajstić information content (AvgIpc) is 2.68. The van der Waals surface area contributed by atoms with E-state index in [0.717, 1.165) is 8.19 Å². The SMILES string of the molecule is CC1=[C]([Ti+2][c]2[pH]cc(C)c2C)CC=C1.[Cl-].[Cl-]. The van der Waals surface area contributed by atoms with E-state index in [4.69, 9.17) is 0 Å². The van der Waals surface area contributed by atoms with Crippen LogP contribution in [0.25, 0.3) is 0 Å². The summed E-state index contributed by atoms with van der Waals surface area (Å²) in [5, 5.41) is 0. The molecular weight excluding hydrogens is 294 g/mol. The Kier molecular flexibility index (Phi) is 7.34. The quantitative estimate of drug-likeness (QED) is 0.521. The van der Waals surface area contributed by atoms with Gasteiger partial charge in [0.15, 0.2) is 0 Å². The molecule has 0 spiro atoms. The fourth-order valence-electron chi connectivity index (χ4n) is 1.64. The van der Waals surface area contributed by atoms with E-state index in [0.29, 0.717) is 0 Å². The molecule has 16 heavy (non-hydrogen) atoms. The summed E-state index contributed by atoms with van der Waals surface area (Å²) in [6.07, 6.45) is 5.82. The zero-order valence-electron chi connectivity index (χ0n) is 9.70. The van der Waals surface area contributed by atoms with Gasteiger partial charge in [-0.05, 0) is 0 Å². The van der Waals surface area contributed by atoms with Crippen LogP contribution in [0.2, 0.25) is 0 Å². The minimum atomic E-state index is 0. The molecule has 4 heteroatoms. The average molecular weight is 309 g/mol. The van der Waals surface area contributed by atoms with Crippen molar-refractivity contribution in [3.05, 3.63) is 38.5 Å². The summed E-state index contributed by atoms with van der Waals surface area (Å²) in [6, 6.07) is 0. The van der Waals surface area contributed by atoms with Gasteiger partial charge in [-0.25, -0.2) is 0 Å². The zero-order chi connectivity index (χ0) is 10.1. The van der Waals surface area contributed by atoms with Crippen LogP contribution in [-0.2, 0) is 19.2 Å². The first kappa shape index (κ1) is 16.6. The first-order valence-corrected chi connectivity index (χ1v) is 7.60. The van der Waals surface area contributed by atoms with Crippen LogP contribution in [0.1, 0.15) is 24.5 Å². The molecule has 1 atom stereocenters. The Labute approximate surface area is 121 Å². The van der Waals surface area contributed by atoms with Gasteiger partial charge in [-0.1, -0.05) is 0 Å². The zero-order valence-corrected chi connectivity index (χ0v) is 13.8. The van der Waals surface area contributed by atoms with Crippen molar-refractivity contribution in [2.24, 2.45) is 0 Å². The Morgan fingerprint density at radius 2 is 1.88 bits per heavy atom. The fourth-order valence-corrected chi connectivity index (χ4v) is 5.85. The minimum absolute atomic E-state index is 0. The van der Waals surface area contributed by atoms with Crippen molar-refractivity contribution >= 4 is 11.8 Å². The molecule has 1 aliphatic rings. The predicted molar refractivity (Wildman–Crippen MR) is 61.5 cm³/mol. The maximum Gasteiger partial charge on any atom is -1.00 e. The van der Waals surface area contributed by atoms with E-state index in [1.54, 1.807) is 18.6 Å². The Balaban J connectivity index is 0.00000112. The molecule has 0 aromatic carbocycles. The van der Waals surface area contributed by atoms with Crippen molar-refractivity contribution in [2.45, 2.75) is 27.2 Å². The molecule has 1 aromatic rings. The molecule has 0 saturated heterocycles. The third-order valence-corrected chi connectivity index (χ3v) is 7.66. The van der Waals surface area contributed by atoms with Crippen molar-refractivity contribution in [3.8, 4) is 0 Å². The van der Waals surface area contributed by atoms with Crippen molar-refractivity contribution < 1.29 is 44.0 Å². The van der Waals surface area contributed by atoms with Gasteiger partial charge in [0.1, 0.15) is 0 Å². The second kappa shape index (κ2) is 7.09. The first-order valence-electron chi connectivity index (χ1n) is 4.96. The van der Waals surface area contributed by atoms with Crippen LogP contribution in [0.3, 0.4) is 0 Å². The van der Waals surface area contributed by atoms with Crippen LogP contribution in [0.5, 0.6) is 0 Å². The maximum atomic E-state index is 2.41. The second-order valence-electron chi connectivity index (χ2n) is 3.86. The van der Waals surface area contributed by atoms with Gasteiger partial charge in [-0.2, -0.15) is 0 Å². The number of hydrogen-bond donors (Lipinski definition) is 0. The molecule has 0 amide bonds. The van der Waals surface area contributed by atoms with E-state index in [-0.39, 0.29) is 44.0 Å². The standard InChI is InChI=1S/C6H8P.C6H7.2ClH.Ti/c1-5-3-7-4-6(5)2;1-6-4-2-3-5-6;;;/h3,7H,1-2H3;2,4H,3H2,1H3;2*1H;/q;;;;+2/p-2. The Morgan fingerprint density at radius 3 is 2.31 bits per heavy atom. The number of aryl methyl sites for hydroxylation is 1. The van der Waals surface area contributed by atoms with Crippen molar-refractivity contribution in [2.75, 3.05) is 0 Å². The van der Waals surface area contributed by atoms with Gasteiger partial charge in [0.05, 0.1) is 0 Å². The summed E-state index contributed by atoms with van der Waals surface area (Å²) in [4.78, 5) is 0. The van der Waals surface area contributed by atoms with Gasteiger partial charge >= 0.3 is 96.7 Å². The van der Waals surface area contributed by atoms with Gasteiger partial charge in [0.2, 0.25) is 0 Å². The summed E-state index contributed by atoms with van der Waals surface area (Å²) >= 11 is 0.0256. The van der Waals surface area contributed by atoms with Gasteiger partial charge in [-0.3, -0.25) is 0 Å². The molecule has 0 bridgehead atoms. The fraction of sp³-hybridized carbons (Fsp3) is 0.333. The van der Waals surface area contributed by atoms with Crippen molar-refractivity contribution in [3.63, 3.8) is 0 Å². The largest absolute Gasteiger partial charge is 1.00 e. The van der Waals surface area contributed by atoms with Crippen LogP contribution < -0.4 is 28.4 Å². The number of halogens is 2. The monoisotopic (exact) mass is 308 g/mol. The molecular formula is C12H15Cl2PTi. The van der Waals surface area contributed by atoms with Crippen LogP contribution in [0.15, 0.2) is 27.4 Å². The predicted octanol–water partition coefficient (Wildman–Crippen LogP) is -2.72. The molecule has 0 saturated carbocycles. The molecule has 0 aliphatic heterocycles. The topological polar surface area (TPSA) is 0 Å².